The molecule has 52 valence electrons. The second kappa shape index (κ2) is 2.26. The van der Waals surface area contributed by atoms with Crippen molar-refractivity contribution in [3.8, 4) is 0 Å². The maximum Gasteiger partial charge on any atom is 0.00597 e. The Labute approximate surface area is 65.1 Å². The van der Waals surface area contributed by atoms with Gasteiger partial charge in [-0.3, -0.25) is 0 Å². The zero-order chi connectivity index (χ0) is 6.27. The van der Waals surface area contributed by atoms with Crippen molar-refractivity contribution in [2.75, 3.05) is 5.33 Å². The Kier molecular flexibility index (Phi) is 1.56. The predicted octanol–water partition coefficient (Wildman–Crippen LogP) is 2.82. The van der Waals surface area contributed by atoms with Gasteiger partial charge in [-0.2, -0.15) is 0 Å². The van der Waals surface area contributed by atoms with Gasteiger partial charge in [0.25, 0.3) is 0 Å². The lowest BCUT2D eigenvalue weighted by Gasteiger charge is -2.17. The largest absolute Gasteiger partial charge is 0.0925 e. The highest BCUT2D eigenvalue weighted by atomic mass is 79.9. The smallest absolute Gasteiger partial charge is 0.00597 e. The molecule has 1 heteroatoms. The van der Waals surface area contributed by atoms with Crippen molar-refractivity contribution < 1.29 is 0 Å². The Balaban J connectivity index is 1.86. The van der Waals surface area contributed by atoms with E-state index in [1.807, 2.05) is 0 Å². The Hall–Kier alpha value is 0.480. The fraction of sp³-hybridized carbons (Fsp3) is 1.00. The van der Waals surface area contributed by atoms with Gasteiger partial charge < -0.3 is 0 Å². The van der Waals surface area contributed by atoms with Crippen LogP contribution in [0.3, 0.4) is 0 Å². The van der Waals surface area contributed by atoms with E-state index in [0.717, 1.165) is 11.8 Å². The molecule has 2 fully saturated rings. The first kappa shape index (κ1) is 6.21. The summed E-state index contributed by atoms with van der Waals surface area (Å²) >= 11 is 3.56. The zero-order valence-corrected chi connectivity index (χ0v) is 7.23. The van der Waals surface area contributed by atoms with Crippen molar-refractivity contribution in [1.29, 1.82) is 0 Å². The van der Waals surface area contributed by atoms with Gasteiger partial charge in [-0.05, 0) is 43.4 Å². The highest BCUT2D eigenvalue weighted by Gasteiger charge is 2.41. The monoisotopic (exact) mass is 188 g/mol. The summed E-state index contributed by atoms with van der Waals surface area (Å²) in [5, 5.41) is 1.25. The Morgan fingerprint density at radius 3 is 2.67 bits per heavy atom. The lowest BCUT2D eigenvalue weighted by atomic mass is 9.91. The minimum absolute atomic E-state index is 1.02. The molecule has 2 saturated carbocycles. The van der Waals surface area contributed by atoms with Crippen molar-refractivity contribution in [2.45, 2.75) is 25.7 Å². The fourth-order valence-electron chi connectivity index (χ4n) is 2.09. The highest BCUT2D eigenvalue weighted by Crippen LogP contribution is 2.51. The summed E-state index contributed by atoms with van der Waals surface area (Å²) in [5.74, 6) is 3.34. The van der Waals surface area contributed by atoms with E-state index in [9.17, 15) is 0 Å². The second-order valence-electron chi connectivity index (χ2n) is 3.59. The van der Waals surface area contributed by atoms with Crippen molar-refractivity contribution >= 4 is 15.9 Å². The first-order valence-electron chi connectivity index (χ1n) is 3.96. The molecular formula is C8H13Br. The summed E-state index contributed by atoms with van der Waals surface area (Å²) < 4.78 is 0. The zero-order valence-electron chi connectivity index (χ0n) is 5.65. The van der Waals surface area contributed by atoms with E-state index < -0.39 is 0 Å². The van der Waals surface area contributed by atoms with Crippen molar-refractivity contribution in [2.24, 2.45) is 17.8 Å². The van der Waals surface area contributed by atoms with Gasteiger partial charge in [0.2, 0.25) is 0 Å². The maximum absolute atomic E-state index is 3.56. The van der Waals surface area contributed by atoms with Crippen molar-refractivity contribution in [3.63, 3.8) is 0 Å². The third kappa shape index (κ3) is 1.17. The van der Waals surface area contributed by atoms with Crippen LogP contribution in [0.25, 0.3) is 0 Å². The molecule has 0 saturated heterocycles. The fourth-order valence-corrected chi connectivity index (χ4v) is 2.68. The van der Waals surface area contributed by atoms with Crippen LogP contribution in [-0.4, -0.2) is 5.33 Å². The number of hydrogen-bond acceptors (Lipinski definition) is 0. The average molecular weight is 189 g/mol. The normalized spacial score (nSPS) is 48.3. The molecule has 0 unspecified atom stereocenters. The lowest BCUT2D eigenvalue weighted by Crippen LogP contribution is -2.08. The van der Waals surface area contributed by atoms with Crippen LogP contribution >= 0.6 is 15.9 Å². The summed E-state index contributed by atoms with van der Waals surface area (Å²) in [5.41, 5.74) is 0. The Morgan fingerprint density at radius 1 is 1.11 bits per heavy atom. The summed E-state index contributed by atoms with van der Waals surface area (Å²) in [7, 11) is 0. The first-order chi connectivity index (χ1) is 4.40. The predicted molar refractivity (Wildman–Crippen MR) is 42.7 cm³/mol. The van der Waals surface area contributed by atoms with E-state index in [4.69, 9.17) is 0 Å². The molecule has 0 aromatic heterocycles. The van der Waals surface area contributed by atoms with Crippen LogP contribution in [0.5, 0.6) is 0 Å². The SMILES string of the molecule is BrC[C@@H]1CC[C@@H]2C[C@H]2C1. The van der Waals surface area contributed by atoms with E-state index >= 15 is 0 Å². The van der Waals surface area contributed by atoms with Crippen LogP contribution in [-0.2, 0) is 0 Å². The van der Waals surface area contributed by atoms with Crippen molar-refractivity contribution in [1.82, 2.24) is 0 Å². The highest BCUT2D eigenvalue weighted by molar-refractivity contribution is 9.09. The Bertz CT molecular complexity index is 111. The molecule has 0 aliphatic heterocycles. The van der Waals surface area contributed by atoms with Gasteiger partial charge in [0.1, 0.15) is 0 Å². The molecule has 0 bridgehead atoms. The second-order valence-corrected chi connectivity index (χ2v) is 4.24. The number of fused-ring (bicyclic) bond motifs is 1. The molecule has 0 nitrogen and oxygen atoms in total. The summed E-state index contributed by atoms with van der Waals surface area (Å²) in [6, 6.07) is 0. The van der Waals surface area contributed by atoms with E-state index in [1.165, 1.54) is 30.5 Å². The van der Waals surface area contributed by atoms with Gasteiger partial charge in [-0.1, -0.05) is 15.9 Å². The molecule has 9 heavy (non-hydrogen) atoms. The van der Waals surface area contributed by atoms with Gasteiger partial charge in [0.05, 0.1) is 0 Å². The van der Waals surface area contributed by atoms with Gasteiger partial charge in [0.15, 0.2) is 0 Å². The van der Waals surface area contributed by atoms with E-state index in [-0.39, 0.29) is 0 Å². The van der Waals surface area contributed by atoms with Gasteiger partial charge >= 0.3 is 0 Å². The van der Waals surface area contributed by atoms with E-state index in [2.05, 4.69) is 15.9 Å². The minimum Gasteiger partial charge on any atom is -0.0925 e. The topological polar surface area (TPSA) is 0 Å². The third-order valence-electron chi connectivity index (χ3n) is 2.87. The van der Waals surface area contributed by atoms with Crippen LogP contribution in [0.15, 0.2) is 0 Å². The minimum atomic E-state index is 1.02. The summed E-state index contributed by atoms with van der Waals surface area (Å²) in [4.78, 5) is 0. The van der Waals surface area contributed by atoms with Gasteiger partial charge in [0, 0.05) is 5.33 Å². The van der Waals surface area contributed by atoms with Crippen LogP contribution in [0, 0.1) is 17.8 Å². The van der Waals surface area contributed by atoms with Gasteiger partial charge in [-0.15, -0.1) is 0 Å². The molecule has 0 amide bonds. The number of halogens is 1. The van der Waals surface area contributed by atoms with E-state index in [0.29, 0.717) is 0 Å². The average Bonchev–Trinajstić information content (AvgIpc) is 2.64. The standard InChI is InChI=1S/C8H13Br/c9-5-6-1-2-7-4-8(7)3-6/h6-8H,1-5H2/t6-,7-,8-/m1/s1. The molecule has 0 aromatic rings. The molecule has 0 heterocycles. The van der Waals surface area contributed by atoms with Crippen LogP contribution in [0.1, 0.15) is 25.7 Å². The quantitative estimate of drug-likeness (QED) is 0.556. The summed E-state index contributed by atoms with van der Waals surface area (Å²) in [6.45, 7) is 0. The molecule has 0 N–H and O–H groups in total. The van der Waals surface area contributed by atoms with Crippen molar-refractivity contribution in [3.05, 3.63) is 0 Å². The number of rotatable bonds is 1. The molecule has 2 aliphatic rings. The molecule has 0 aromatic carbocycles. The molecular weight excluding hydrogens is 176 g/mol. The molecule has 0 spiro atoms. The molecule has 2 aliphatic carbocycles. The summed E-state index contributed by atoms with van der Waals surface area (Å²) in [6.07, 6.45) is 6.10. The maximum atomic E-state index is 3.56. The molecule has 0 radical (unpaired) electrons. The third-order valence-corrected chi connectivity index (χ3v) is 3.78. The van der Waals surface area contributed by atoms with Crippen LogP contribution in [0.4, 0.5) is 0 Å². The Morgan fingerprint density at radius 2 is 2.00 bits per heavy atom. The van der Waals surface area contributed by atoms with E-state index in [1.54, 1.807) is 6.42 Å². The number of hydrogen-bond donors (Lipinski definition) is 0. The van der Waals surface area contributed by atoms with Gasteiger partial charge in [-0.25, -0.2) is 0 Å². The van der Waals surface area contributed by atoms with Crippen LogP contribution in [0.2, 0.25) is 0 Å². The lowest BCUT2D eigenvalue weighted by molar-refractivity contribution is 0.375. The van der Waals surface area contributed by atoms with Crippen LogP contribution < -0.4 is 0 Å². The first-order valence-corrected chi connectivity index (χ1v) is 5.08. The number of alkyl halides is 1. The molecule has 3 atom stereocenters. The molecule has 2 rings (SSSR count).